The maximum Gasteiger partial charge on any atom is 0.308 e. The number of benzene rings is 2. The van der Waals surface area contributed by atoms with Crippen molar-refractivity contribution >= 4 is 46.0 Å². The topological polar surface area (TPSA) is 112 Å². The van der Waals surface area contributed by atoms with E-state index in [4.69, 9.17) is 30.5 Å². The third kappa shape index (κ3) is 8.10. The van der Waals surface area contributed by atoms with Gasteiger partial charge in [-0.2, -0.15) is 0 Å². The molecule has 2 aliphatic heterocycles. The van der Waals surface area contributed by atoms with E-state index in [0.29, 0.717) is 57.5 Å². The maximum atomic E-state index is 15.6. The fourth-order valence-electron chi connectivity index (χ4n) is 7.94. The van der Waals surface area contributed by atoms with Crippen LogP contribution in [-0.2, 0) is 42.0 Å². The molecule has 276 valence electrons. The number of anilines is 1. The van der Waals surface area contributed by atoms with Crippen LogP contribution in [0.15, 0.2) is 42.6 Å². The number of aryl methyl sites for hydroxylation is 1. The van der Waals surface area contributed by atoms with Crippen molar-refractivity contribution in [2.75, 3.05) is 45.8 Å². The summed E-state index contributed by atoms with van der Waals surface area (Å²) < 4.78 is 41.1. The minimum atomic E-state index is -0.631. The van der Waals surface area contributed by atoms with E-state index in [-0.39, 0.29) is 64.8 Å². The number of amides is 2. The summed E-state index contributed by atoms with van der Waals surface area (Å²) in [4.78, 5) is 43.6. The average Bonchev–Trinajstić information content (AvgIpc) is 3.87. The van der Waals surface area contributed by atoms with Crippen molar-refractivity contribution in [2.24, 2.45) is 13.0 Å². The van der Waals surface area contributed by atoms with Gasteiger partial charge in [0.25, 0.3) is 5.91 Å². The smallest absolute Gasteiger partial charge is 0.308 e. The van der Waals surface area contributed by atoms with E-state index in [1.165, 1.54) is 12.1 Å². The number of likely N-dealkylation sites (tertiary alicyclic amines) is 2. The van der Waals surface area contributed by atoms with Crippen LogP contribution in [0.1, 0.15) is 61.4 Å². The van der Waals surface area contributed by atoms with Crippen LogP contribution in [0.2, 0.25) is 5.02 Å². The second-order valence-electron chi connectivity index (χ2n) is 13.8. The molecule has 3 aliphatic rings. The number of carbonyl (C=O) groups is 3. The Balaban J connectivity index is 1.16. The summed E-state index contributed by atoms with van der Waals surface area (Å²) in [5.41, 5.74) is 1.61. The molecule has 51 heavy (non-hydrogen) atoms. The van der Waals surface area contributed by atoms with Crippen LogP contribution >= 0.6 is 11.6 Å². The lowest BCUT2D eigenvalue weighted by Crippen LogP contribution is -2.53. The highest BCUT2D eigenvalue weighted by molar-refractivity contribution is 6.34. The van der Waals surface area contributed by atoms with Crippen LogP contribution < -0.4 is 5.32 Å². The number of ether oxygens (including phenoxy) is 4. The zero-order valence-corrected chi connectivity index (χ0v) is 30.5. The molecule has 2 aromatic carbocycles. The van der Waals surface area contributed by atoms with Crippen LogP contribution in [0.4, 0.5) is 10.1 Å². The molecule has 11 nitrogen and oxygen atoms in total. The van der Waals surface area contributed by atoms with E-state index in [1.807, 2.05) is 42.8 Å². The average molecular weight is 727 g/mol. The minimum absolute atomic E-state index is 0.0892. The Kier molecular flexibility index (Phi) is 12.0. The number of hydrogen-bond donors (Lipinski definition) is 1. The SMILES string of the molecule is CCOC(=O)[C@H]1CC[C@H](OC([C@@H]2CCCN2C(=O)Cc2cc(Cl)c(NC(=O)c3cn(C)c4ccccc34)cc2F)N2C[C@H](OC)[C@H](OC)C2)CC1. The van der Waals surface area contributed by atoms with E-state index in [2.05, 4.69) is 10.2 Å². The molecule has 3 fully saturated rings. The molecule has 4 atom stereocenters. The van der Waals surface area contributed by atoms with E-state index in [9.17, 15) is 14.4 Å². The molecule has 6 rings (SSSR count). The maximum absolute atomic E-state index is 15.6. The van der Waals surface area contributed by atoms with Crippen LogP contribution in [0.5, 0.6) is 0 Å². The van der Waals surface area contributed by atoms with E-state index >= 15 is 4.39 Å². The Morgan fingerprint density at radius 1 is 1.02 bits per heavy atom. The number of hydrogen-bond acceptors (Lipinski definition) is 8. The van der Waals surface area contributed by atoms with Crippen molar-refractivity contribution in [3.05, 3.63) is 64.6 Å². The number of para-hydroxylation sites is 1. The van der Waals surface area contributed by atoms with Gasteiger partial charge in [0.05, 0.1) is 59.6 Å². The first-order valence-electron chi connectivity index (χ1n) is 17.9. The minimum Gasteiger partial charge on any atom is -0.466 e. The number of nitrogens with zero attached hydrogens (tertiary/aromatic N) is 3. The van der Waals surface area contributed by atoms with Crippen molar-refractivity contribution in [3.63, 3.8) is 0 Å². The van der Waals surface area contributed by atoms with Gasteiger partial charge in [-0.15, -0.1) is 0 Å². The standard InChI is InChI=1S/C38H48ClFN4O7/c1-5-50-38(47)23-12-14-25(15-13-23)51-37(43-21-33(48-3)34(22-43)49-4)32-11-8-16-44(32)35(45)18-24-17-28(39)30(19-29(24)40)41-36(46)27-20-42(2)31-10-7-6-9-26(27)31/h6-7,9-10,17,19-20,23,25,32-34,37H,5,8,11-16,18,21-22H2,1-4H3,(H,41,46)/t23-,25-,32-,33-,34+,37?/m0/s1. The third-order valence-corrected chi connectivity index (χ3v) is 11.0. The molecule has 3 aromatic rings. The van der Waals surface area contributed by atoms with Gasteiger partial charge < -0.3 is 33.7 Å². The molecule has 3 heterocycles. The summed E-state index contributed by atoms with van der Waals surface area (Å²) in [7, 11) is 5.18. The summed E-state index contributed by atoms with van der Waals surface area (Å²) >= 11 is 6.58. The van der Waals surface area contributed by atoms with E-state index < -0.39 is 18.0 Å². The van der Waals surface area contributed by atoms with Gasteiger partial charge in [-0.1, -0.05) is 29.8 Å². The molecular formula is C38H48ClFN4O7. The highest BCUT2D eigenvalue weighted by atomic mass is 35.5. The van der Waals surface area contributed by atoms with Gasteiger partial charge in [0, 0.05) is 58.0 Å². The van der Waals surface area contributed by atoms with Crippen molar-refractivity contribution in [3.8, 4) is 0 Å². The number of aromatic nitrogens is 1. The molecular weight excluding hydrogens is 679 g/mol. The number of carbonyl (C=O) groups excluding carboxylic acids is 3. The van der Waals surface area contributed by atoms with Gasteiger partial charge in [-0.3, -0.25) is 19.3 Å². The predicted octanol–water partition coefficient (Wildman–Crippen LogP) is 5.57. The normalized spacial score (nSPS) is 24.6. The van der Waals surface area contributed by atoms with Crippen molar-refractivity contribution in [1.82, 2.24) is 14.4 Å². The van der Waals surface area contributed by atoms with Crippen molar-refractivity contribution in [1.29, 1.82) is 0 Å². The quantitative estimate of drug-likeness (QED) is 0.242. The Labute approximate surface area is 303 Å². The number of fused-ring (bicyclic) bond motifs is 1. The molecule has 1 aliphatic carbocycles. The monoisotopic (exact) mass is 726 g/mol. The van der Waals surface area contributed by atoms with E-state index in [1.54, 1.807) is 25.3 Å². The zero-order chi connectivity index (χ0) is 36.2. The Morgan fingerprint density at radius 2 is 1.73 bits per heavy atom. The molecule has 0 bridgehead atoms. The Hall–Kier alpha value is -3.55. The fraction of sp³-hybridized carbons (Fsp3) is 0.553. The first-order chi connectivity index (χ1) is 24.6. The van der Waals surface area contributed by atoms with Gasteiger partial charge >= 0.3 is 5.97 Å². The molecule has 1 unspecified atom stereocenters. The fourth-order valence-corrected chi connectivity index (χ4v) is 8.17. The molecule has 2 saturated heterocycles. The first-order valence-corrected chi connectivity index (χ1v) is 18.2. The first kappa shape index (κ1) is 37.2. The summed E-state index contributed by atoms with van der Waals surface area (Å²) in [6.45, 7) is 3.85. The number of rotatable bonds is 12. The van der Waals surface area contributed by atoms with Gasteiger partial charge in [-0.05, 0) is 69.2 Å². The van der Waals surface area contributed by atoms with Crippen molar-refractivity contribution < 1.29 is 37.7 Å². The summed E-state index contributed by atoms with van der Waals surface area (Å²) in [6, 6.07) is 9.84. The lowest BCUT2D eigenvalue weighted by molar-refractivity contribution is -0.160. The molecule has 1 saturated carbocycles. The lowest BCUT2D eigenvalue weighted by Gasteiger charge is -2.40. The van der Waals surface area contributed by atoms with Gasteiger partial charge in [-0.25, -0.2) is 4.39 Å². The molecule has 1 aromatic heterocycles. The number of esters is 1. The number of nitrogens with one attached hydrogen (secondary N) is 1. The molecule has 0 spiro atoms. The predicted molar refractivity (Wildman–Crippen MR) is 191 cm³/mol. The zero-order valence-electron chi connectivity index (χ0n) is 29.7. The number of halogens is 2. The lowest BCUT2D eigenvalue weighted by atomic mass is 9.87. The molecule has 13 heteroatoms. The Morgan fingerprint density at radius 3 is 2.41 bits per heavy atom. The highest BCUT2D eigenvalue weighted by Gasteiger charge is 2.45. The third-order valence-electron chi connectivity index (χ3n) is 10.7. The van der Waals surface area contributed by atoms with Gasteiger partial charge in [0.1, 0.15) is 12.0 Å². The van der Waals surface area contributed by atoms with Crippen LogP contribution in [0.3, 0.4) is 0 Å². The van der Waals surface area contributed by atoms with E-state index in [0.717, 1.165) is 23.7 Å². The van der Waals surface area contributed by atoms with Crippen LogP contribution in [0, 0.1) is 11.7 Å². The van der Waals surface area contributed by atoms with Crippen LogP contribution in [0.25, 0.3) is 10.9 Å². The Bertz CT molecular complexity index is 1720. The summed E-state index contributed by atoms with van der Waals surface area (Å²) in [5.74, 6) is -1.56. The van der Waals surface area contributed by atoms with Crippen molar-refractivity contribution in [2.45, 2.75) is 82.5 Å². The molecule has 0 radical (unpaired) electrons. The van der Waals surface area contributed by atoms with Gasteiger partial charge in [0.2, 0.25) is 5.91 Å². The second kappa shape index (κ2) is 16.4. The number of methoxy groups -OCH3 is 2. The largest absolute Gasteiger partial charge is 0.466 e. The highest BCUT2D eigenvalue weighted by Crippen LogP contribution is 2.35. The van der Waals surface area contributed by atoms with Crippen LogP contribution in [-0.4, -0.2) is 103 Å². The summed E-state index contributed by atoms with van der Waals surface area (Å²) in [6.07, 6.45) is 5.00. The molecule has 2 amide bonds. The van der Waals surface area contributed by atoms with Gasteiger partial charge in [0.15, 0.2) is 0 Å². The summed E-state index contributed by atoms with van der Waals surface area (Å²) in [5, 5.41) is 3.65. The molecule has 1 N–H and O–H groups in total. The second-order valence-corrected chi connectivity index (χ2v) is 14.2.